The second kappa shape index (κ2) is 11.7. The van der Waals surface area contributed by atoms with Crippen molar-refractivity contribution in [3.8, 4) is 11.4 Å². The maximum atomic E-state index is 12.4. The van der Waals surface area contributed by atoms with E-state index in [0.29, 0.717) is 30.4 Å². The number of alkyl carbamates (subject to hydrolysis) is 1. The van der Waals surface area contributed by atoms with Gasteiger partial charge >= 0.3 is 6.09 Å². The standard InChI is InChI=1S/C29H41N5O2/c1-3-20(4-2)26-17-27(33-28(32-26)21-10-13-30-14-11-21)25-18-34-15-12-22(25)16-24(34)19-36-29(35)31-23-8-6-5-7-9-23/h10-11,13-14,17,20,22-25H,3-9,12,15-16,18-19H2,1-2H3,(H,31,35)/t22-,24+,25-/m0/s1. The summed E-state index contributed by atoms with van der Waals surface area (Å²) in [6, 6.07) is 6.86. The number of nitrogens with one attached hydrogen (secondary N) is 1. The number of pyridine rings is 1. The third kappa shape index (κ3) is 5.72. The summed E-state index contributed by atoms with van der Waals surface area (Å²) in [6.45, 7) is 7.00. The Labute approximate surface area is 215 Å². The Balaban J connectivity index is 1.28. The van der Waals surface area contributed by atoms with Gasteiger partial charge in [-0.2, -0.15) is 0 Å². The van der Waals surface area contributed by atoms with Crippen molar-refractivity contribution in [3.05, 3.63) is 42.0 Å². The lowest BCUT2D eigenvalue weighted by molar-refractivity contribution is -0.00402. The molecule has 2 aromatic rings. The molecule has 1 aliphatic carbocycles. The predicted molar refractivity (Wildman–Crippen MR) is 141 cm³/mol. The Hall–Kier alpha value is -2.54. The topological polar surface area (TPSA) is 80.2 Å². The summed E-state index contributed by atoms with van der Waals surface area (Å²) in [5.41, 5.74) is 3.35. The predicted octanol–water partition coefficient (Wildman–Crippen LogP) is 5.68. The molecule has 4 fully saturated rings. The van der Waals surface area contributed by atoms with Gasteiger partial charge in [0, 0.05) is 59.8 Å². The van der Waals surface area contributed by atoms with Crippen LogP contribution in [0.5, 0.6) is 0 Å². The minimum absolute atomic E-state index is 0.242. The summed E-state index contributed by atoms with van der Waals surface area (Å²) in [5.74, 6) is 2.20. The lowest BCUT2D eigenvalue weighted by Gasteiger charge is -2.49. The van der Waals surface area contributed by atoms with Gasteiger partial charge in [-0.3, -0.25) is 9.88 Å². The summed E-state index contributed by atoms with van der Waals surface area (Å²) in [5, 5.41) is 3.09. The Morgan fingerprint density at radius 2 is 1.89 bits per heavy atom. The van der Waals surface area contributed by atoms with Gasteiger partial charge in [0.1, 0.15) is 6.61 Å². The van der Waals surface area contributed by atoms with Gasteiger partial charge in [-0.05, 0) is 69.2 Å². The van der Waals surface area contributed by atoms with E-state index in [9.17, 15) is 4.79 Å². The summed E-state index contributed by atoms with van der Waals surface area (Å²) in [6.07, 6.45) is 13.6. The number of carbonyl (C=O) groups excluding carboxylic acids is 1. The quantitative estimate of drug-likeness (QED) is 0.512. The molecule has 4 atom stereocenters. The molecule has 3 saturated heterocycles. The number of fused-ring (bicyclic) bond motifs is 3. The summed E-state index contributed by atoms with van der Waals surface area (Å²) in [4.78, 5) is 29.2. The van der Waals surface area contributed by atoms with Gasteiger partial charge in [0.05, 0.1) is 0 Å². The minimum Gasteiger partial charge on any atom is -0.448 e. The second-order valence-corrected chi connectivity index (χ2v) is 10.9. The van der Waals surface area contributed by atoms with Gasteiger partial charge in [0.15, 0.2) is 5.82 Å². The van der Waals surface area contributed by atoms with Gasteiger partial charge in [-0.15, -0.1) is 0 Å². The highest BCUT2D eigenvalue weighted by atomic mass is 16.5. The van der Waals surface area contributed by atoms with E-state index < -0.39 is 0 Å². The molecular formula is C29H41N5O2. The van der Waals surface area contributed by atoms with Crippen LogP contribution >= 0.6 is 0 Å². The molecule has 2 bridgehead atoms. The van der Waals surface area contributed by atoms with Crippen molar-refractivity contribution in [2.45, 2.75) is 95.6 Å². The molecule has 36 heavy (non-hydrogen) atoms. The molecule has 1 saturated carbocycles. The third-order valence-electron chi connectivity index (χ3n) is 8.70. The maximum absolute atomic E-state index is 12.4. The van der Waals surface area contributed by atoms with Crippen molar-refractivity contribution in [1.82, 2.24) is 25.2 Å². The molecule has 6 rings (SSSR count). The average molecular weight is 492 g/mol. The molecule has 1 unspecified atom stereocenters. The highest BCUT2D eigenvalue weighted by molar-refractivity contribution is 5.67. The maximum Gasteiger partial charge on any atom is 0.407 e. The van der Waals surface area contributed by atoms with E-state index in [0.717, 1.165) is 62.3 Å². The lowest BCUT2D eigenvalue weighted by atomic mass is 9.74. The normalized spacial score (nSPS) is 26.2. The first-order valence-corrected chi connectivity index (χ1v) is 14.1. The zero-order valence-corrected chi connectivity index (χ0v) is 21.9. The third-order valence-corrected chi connectivity index (χ3v) is 8.70. The number of amides is 1. The van der Waals surface area contributed by atoms with Crippen molar-refractivity contribution in [2.75, 3.05) is 19.7 Å². The first-order chi connectivity index (χ1) is 17.6. The van der Waals surface area contributed by atoms with Gasteiger partial charge in [-0.25, -0.2) is 14.8 Å². The molecule has 2 aromatic heterocycles. The number of rotatable bonds is 8. The number of hydrogen-bond donors (Lipinski definition) is 1. The Bertz CT molecular complexity index is 1010. The van der Waals surface area contributed by atoms with Crippen molar-refractivity contribution >= 4 is 6.09 Å². The van der Waals surface area contributed by atoms with E-state index >= 15 is 0 Å². The minimum atomic E-state index is -0.242. The van der Waals surface area contributed by atoms with Crippen LogP contribution in [0.1, 0.15) is 94.9 Å². The smallest absolute Gasteiger partial charge is 0.407 e. The largest absolute Gasteiger partial charge is 0.448 e. The molecule has 1 N–H and O–H groups in total. The Morgan fingerprint density at radius 1 is 1.11 bits per heavy atom. The monoisotopic (exact) mass is 491 g/mol. The zero-order valence-electron chi connectivity index (χ0n) is 21.9. The van der Waals surface area contributed by atoms with Gasteiger partial charge < -0.3 is 10.1 Å². The molecule has 0 aromatic carbocycles. The molecule has 5 heterocycles. The number of carbonyl (C=O) groups is 1. The number of ether oxygens (including phenoxy) is 1. The van der Waals surface area contributed by atoms with Crippen molar-refractivity contribution in [3.63, 3.8) is 0 Å². The number of nitrogens with zero attached hydrogens (tertiary/aromatic N) is 4. The van der Waals surface area contributed by atoms with Gasteiger partial charge in [-0.1, -0.05) is 33.1 Å². The Kier molecular flexibility index (Phi) is 8.15. The van der Waals surface area contributed by atoms with E-state index in [2.05, 4.69) is 35.1 Å². The highest BCUT2D eigenvalue weighted by Crippen LogP contribution is 2.42. The van der Waals surface area contributed by atoms with Crippen LogP contribution in [0.3, 0.4) is 0 Å². The van der Waals surface area contributed by atoms with E-state index in [1.807, 2.05) is 24.5 Å². The molecular weight excluding hydrogens is 450 g/mol. The van der Waals surface area contributed by atoms with Crippen LogP contribution in [0.4, 0.5) is 4.79 Å². The van der Waals surface area contributed by atoms with Crippen LogP contribution in [-0.2, 0) is 4.74 Å². The molecule has 0 spiro atoms. The molecule has 7 nitrogen and oxygen atoms in total. The van der Waals surface area contributed by atoms with Crippen LogP contribution in [0.25, 0.3) is 11.4 Å². The molecule has 194 valence electrons. The fourth-order valence-corrected chi connectivity index (χ4v) is 6.50. The highest BCUT2D eigenvalue weighted by Gasteiger charge is 2.42. The zero-order chi connectivity index (χ0) is 24.9. The van der Waals surface area contributed by atoms with E-state index in [1.165, 1.54) is 31.4 Å². The first kappa shape index (κ1) is 25.1. The van der Waals surface area contributed by atoms with E-state index in [-0.39, 0.29) is 12.1 Å². The van der Waals surface area contributed by atoms with Gasteiger partial charge in [0.2, 0.25) is 0 Å². The number of aromatic nitrogens is 3. The lowest BCUT2D eigenvalue weighted by Crippen LogP contribution is -2.54. The fraction of sp³-hybridized carbons (Fsp3) is 0.655. The molecule has 0 radical (unpaired) electrons. The second-order valence-electron chi connectivity index (χ2n) is 10.9. The van der Waals surface area contributed by atoms with Crippen molar-refractivity contribution in [1.29, 1.82) is 0 Å². The van der Waals surface area contributed by atoms with Crippen LogP contribution in [0, 0.1) is 5.92 Å². The summed E-state index contributed by atoms with van der Waals surface area (Å²) in [7, 11) is 0. The fourth-order valence-electron chi connectivity index (χ4n) is 6.50. The molecule has 7 heteroatoms. The molecule has 1 amide bonds. The number of hydrogen-bond acceptors (Lipinski definition) is 6. The van der Waals surface area contributed by atoms with Crippen LogP contribution in [0.2, 0.25) is 0 Å². The van der Waals surface area contributed by atoms with Crippen molar-refractivity contribution in [2.24, 2.45) is 5.92 Å². The van der Waals surface area contributed by atoms with Crippen LogP contribution in [0.15, 0.2) is 30.6 Å². The first-order valence-electron chi connectivity index (χ1n) is 14.1. The van der Waals surface area contributed by atoms with Crippen molar-refractivity contribution < 1.29 is 9.53 Å². The summed E-state index contributed by atoms with van der Waals surface area (Å²) >= 11 is 0. The van der Waals surface area contributed by atoms with Gasteiger partial charge in [0.25, 0.3) is 0 Å². The average Bonchev–Trinajstić information content (AvgIpc) is 2.94. The van der Waals surface area contributed by atoms with Crippen LogP contribution in [-0.4, -0.2) is 57.7 Å². The number of piperidine rings is 3. The molecule has 4 aliphatic rings. The Morgan fingerprint density at radius 3 is 2.58 bits per heavy atom. The van der Waals surface area contributed by atoms with Crippen LogP contribution < -0.4 is 5.32 Å². The molecule has 3 aliphatic heterocycles. The SMILES string of the molecule is CCC(CC)c1cc([C@H]2CN3CC[C@H]2C[C@@H]3COC(=O)NC2CCCCC2)nc(-c2ccncc2)n1. The van der Waals surface area contributed by atoms with E-state index in [1.54, 1.807) is 0 Å². The van der Waals surface area contributed by atoms with E-state index in [4.69, 9.17) is 14.7 Å². The summed E-state index contributed by atoms with van der Waals surface area (Å²) < 4.78 is 5.71.